The van der Waals surface area contributed by atoms with Gasteiger partial charge in [0.1, 0.15) is 0 Å². The average Bonchev–Trinajstić information content (AvgIpc) is 2.48. The highest BCUT2D eigenvalue weighted by Gasteiger charge is 2.11. The van der Waals surface area contributed by atoms with Gasteiger partial charge in [0.25, 0.3) is 0 Å². The maximum absolute atomic E-state index is 12.1. The standard InChI is InChI=1S/C15H14Cl2N2O/c1-19(11-6-3-2-4-7-11)14(20)10-18-13-9-5-8-12(16)15(13)17/h2-9,18H,10H2,1H3. The van der Waals surface area contributed by atoms with Crippen molar-refractivity contribution >= 4 is 40.5 Å². The van der Waals surface area contributed by atoms with E-state index in [-0.39, 0.29) is 12.5 Å². The summed E-state index contributed by atoms with van der Waals surface area (Å²) >= 11 is 12.0. The summed E-state index contributed by atoms with van der Waals surface area (Å²) < 4.78 is 0. The number of carbonyl (C=O) groups is 1. The van der Waals surface area contributed by atoms with Gasteiger partial charge in [-0.1, -0.05) is 47.5 Å². The fourth-order valence-corrected chi connectivity index (χ4v) is 2.09. The van der Waals surface area contributed by atoms with Crippen LogP contribution < -0.4 is 10.2 Å². The molecule has 0 spiro atoms. The lowest BCUT2D eigenvalue weighted by molar-refractivity contribution is -0.116. The van der Waals surface area contributed by atoms with Gasteiger partial charge in [-0.3, -0.25) is 4.79 Å². The normalized spacial score (nSPS) is 10.2. The Labute approximate surface area is 128 Å². The minimum Gasteiger partial charge on any atom is -0.375 e. The van der Waals surface area contributed by atoms with E-state index in [4.69, 9.17) is 23.2 Å². The average molecular weight is 309 g/mol. The Morgan fingerprint density at radius 3 is 2.50 bits per heavy atom. The topological polar surface area (TPSA) is 32.3 Å². The molecule has 0 radical (unpaired) electrons. The maximum atomic E-state index is 12.1. The first-order valence-electron chi connectivity index (χ1n) is 6.09. The summed E-state index contributed by atoms with van der Waals surface area (Å²) in [5.74, 6) is -0.0627. The Balaban J connectivity index is 2.00. The van der Waals surface area contributed by atoms with Gasteiger partial charge in [0.2, 0.25) is 5.91 Å². The number of carbonyl (C=O) groups excluding carboxylic acids is 1. The van der Waals surface area contributed by atoms with Gasteiger partial charge in [0, 0.05) is 12.7 Å². The summed E-state index contributed by atoms with van der Waals surface area (Å²) in [6.07, 6.45) is 0. The third-order valence-corrected chi connectivity index (χ3v) is 3.72. The van der Waals surface area contributed by atoms with Crippen molar-refractivity contribution in [2.24, 2.45) is 0 Å². The lowest BCUT2D eigenvalue weighted by Crippen LogP contribution is -2.32. The van der Waals surface area contributed by atoms with Crippen LogP contribution in [0.15, 0.2) is 48.5 Å². The van der Waals surface area contributed by atoms with E-state index in [1.807, 2.05) is 30.3 Å². The second-order valence-corrected chi connectivity index (χ2v) is 5.03. The minimum absolute atomic E-state index is 0.0627. The van der Waals surface area contributed by atoms with Crippen molar-refractivity contribution < 1.29 is 4.79 Å². The third kappa shape index (κ3) is 3.44. The van der Waals surface area contributed by atoms with E-state index in [9.17, 15) is 4.79 Å². The van der Waals surface area contributed by atoms with Crippen LogP contribution in [0.4, 0.5) is 11.4 Å². The number of hydrogen-bond acceptors (Lipinski definition) is 2. The molecule has 5 heteroatoms. The van der Waals surface area contributed by atoms with Crippen LogP contribution in [-0.4, -0.2) is 19.5 Å². The van der Waals surface area contributed by atoms with Crippen LogP contribution in [0.5, 0.6) is 0 Å². The summed E-state index contributed by atoms with van der Waals surface area (Å²) in [6.45, 7) is 0.144. The molecule has 2 aromatic rings. The molecule has 0 unspecified atom stereocenters. The van der Waals surface area contributed by atoms with Crippen LogP contribution >= 0.6 is 23.2 Å². The Morgan fingerprint density at radius 2 is 1.80 bits per heavy atom. The molecule has 0 saturated carbocycles. The minimum atomic E-state index is -0.0627. The van der Waals surface area contributed by atoms with Crippen molar-refractivity contribution in [2.75, 3.05) is 23.8 Å². The van der Waals surface area contributed by atoms with Crippen molar-refractivity contribution in [3.8, 4) is 0 Å². The highest BCUT2D eigenvalue weighted by Crippen LogP contribution is 2.29. The summed E-state index contributed by atoms with van der Waals surface area (Å²) in [5.41, 5.74) is 1.49. The molecular formula is C15H14Cl2N2O. The van der Waals surface area contributed by atoms with Crippen LogP contribution in [-0.2, 0) is 4.79 Å². The zero-order valence-electron chi connectivity index (χ0n) is 10.9. The monoisotopic (exact) mass is 308 g/mol. The van der Waals surface area contributed by atoms with Crippen molar-refractivity contribution in [1.82, 2.24) is 0 Å². The Morgan fingerprint density at radius 1 is 1.10 bits per heavy atom. The van der Waals surface area contributed by atoms with Gasteiger partial charge in [-0.15, -0.1) is 0 Å². The van der Waals surface area contributed by atoms with E-state index < -0.39 is 0 Å². The number of halogens is 2. The van der Waals surface area contributed by atoms with Crippen LogP contribution in [0.25, 0.3) is 0 Å². The first-order chi connectivity index (χ1) is 9.59. The molecule has 0 bridgehead atoms. The molecular weight excluding hydrogens is 295 g/mol. The van der Waals surface area contributed by atoms with Gasteiger partial charge in [0.05, 0.1) is 22.3 Å². The summed E-state index contributed by atoms with van der Waals surface area (Å²) in [7, 11) is 1.74. The van der Waals surface area contributed by atoms with Gasteiger partial charge in [-0.05, 0) is 24.3 Å². The molecule has 0 saturated heterocycles. The van der Waals surface area contributed by atoms with Gasteiger partial charge in [-0.2, -0.15) is 0 Å². The van der Waals surface area contributed by atoms with Crippen LogP contribution in [0.1, 0.15) is 0 Å². The predicted molar refractivity (Wildman–Crippen MR) is 84.8 cm³/mol. The second-order valence-electron chi connectivity index (χ2n) is 4.24. The number of amides is 1. The molecule has 104 valence electrons. The van der Waals surface area contributed by atoms with Crippen LogP contribution in [0.2, 0.25) is 10.0 Å². The largest absolute Gasteiger partial charge is 0.375 e. The highest BCUT2D eigenvalue weighted by molar-refractivity contribution is 6.43. The molecule has 0 fully saturated rings. The zero-order chi connectivity index (χ0) is 14.5. The van der Waals surface area contributed by atoms with Crippen molar-refractivity contribution in [3.63, 3.8) is 0 Å². The van der Waals surface area contributed by atoms with E-state index in [2.05, 4.69) is 5.32 Å². The summed E-state index contributed by atoms with van der Waals surface area (Å²) in [6, 6.07) is 14.7. The smallest absolute Gasteiger partial charge is 0.246 e. The van der Waals surface area contributed by atoms with Crippen molar-refractivity contribution in [2.45, 2.75) is 0 Å². The maximum Gasteiger partial charge on any atom is 0.246 e. The van der Waals surface area contributed by atoms with Gasteiger partial charge in [-0.25, -0.2) is 0 Å². The molecule has 1 N–H and O–H groups in total. The molecule has 2 rings (SSSR count). The number of likely N-dealkylation sites (N-methyl/N-ethyl adjacent to an activating group) is 1. The van der Waals surface area contributed by atoms with Crippen molar-refractivity contribution in [3.05, 3.63) is 58.6 Å². The quantitative estimate of drug-likeness (QED) is 0.923. The number of anilines is 2. The number of para-hydroxylation sites is 1. The van der Waals surface area contributed by atoms with Gasteiger partial charge < -0.3 is 10.2 Å². The van der Waals surface area contributed by atoms with Gasteiger partial charge >= 0.3 is 0 Å². The first-order valence-corrected chi connectivity index (χ1v) is 6.84. The molecule has 3 nitrogen and oxygen atoms in total. The van der Waals surface area contributed by atoms with E-state index in [0.29, 0.717) is 15.7 Å². The highest BCUT2D eigenvalue weighted by atomic mass is 35.5. The molecule has 20 heavy (non-hydrogen) atoms. The number of nitrogens with one attached hydrogen (secondary N) is 1. The molecule has 0 aliphatic carbocycles. The molecule has 0 aliphatic heterocycles. The van der Waals surface area contributed by atoms with Crippen LogP contribution in [0, 0.1) is 0 Å². The molecule has 0 aliphatic rings. The number of hydrogen-bond donors (Lipinski definition) is 1. The summed E-state index contributed by atoms with van der Waals surface area (Å²) in [5, 5.41) is 3.88. The first kappa shape index (κ1) is 14.7. The fraction of sp³-hybridized carbons (Fsp3) is 0.133. The Kier molecular flexibility index (Phi) is 4.88. The fourth-order valence-electron chi connectivity index (χ4n) is 1.73. The zero-order valence-corrected chi connectivity index (χ0v) is 12.4. The molecule has 0 atom stereocenters. The van der Waals surface area contributed by atoms with Crippen LogP contribution in [0.3, 0.4) is 0 Å². The van der Waals surface area contributed by atoms with E-state index in [1.165, 1.54) is 0 Å². The number of rotatable bonds is 4. The number of benzene rings is 2. The molecule has 1 amide bonds. The Hall–Kier alpha value is -1.71. The van der Waals surface area contributed by atoms with Gasteiger partial charge in [0.15, 0.2) is 0 Å². The van der Waals surface area contributed by atoms with E-state index in [0.717, 1.165) is 5.69 Å². The molecule has 0 heterocycles. The lowest BCUT2D eigenvalue weighted by atomic mass is 10.3. The lowest BCUT2D eigenvalue weighted by Gasteiger charge is -2.18. The van der Waals surface area contributed by atoms with E-state index >= 15 is 0 Å². The number of nitrogens with zero attached hydrogens (tertiary/aromatic N) is 1. The molecule has 2 aromatic carbocycles. The SMILES string of the molecule is CN(C(=O)CNc1cccc(Cl)c1Cl)c1ccccc1. The Bertz CT molecular complexity index is 602. The summed E-state index contributed by atoms with van der Waals surface area (Å²) in [4.78, 5) is 13.7. The van der Waals surface area contributed by atoms with Crippen molar-refractivity contribution in [1.29, 1.82) is 0 Å². The second kappa shape index (κ2) is 6.64. The molecule has 0 aromatic heterocycles. The predicted octanol–water partition coefficient (Wildman–Crippen LogP) is 4.07. The third-order valence-electron chi connectivity index (χ3n) is 2.90. The van der Waals surface area contributed by atoms with E-state index in [1.54, 1.807) is 30.1 Å².